The fourth-order valence-electron chi connectivity index (χ4n) is 2.12. The van der Waals surface area contributed by atoms with E-state index in [-0.39, 0.29) is 11.5 Å². The summed E-state index contributed by atoms with van der Waals surface area (Å²) in [5, 5.41) is 16.4. The van der Waals surface area contributed by atoms with Crippen molar-refractivity contribution in [2.75, 3.05) is 6.54 Å². The van der Waals surface area contributed by atoms with E-state index in [2.05, 4.69) is 15.4 Å². The van der Waals surface area contributed by atoms with E-state index in [1.807, 2.05) is 25.1 Å². The standard InChI is InChI=1S/C17H19N5O/c1-3-4-7-20-17(23)14(11-18)10-15-12-22(2)21-16(15)13-5-8-19-9-6-13/h5-6,8-10,12H,3-4,7H2,1-2H3,(H,20,23)/b14-10-. The molecule has 6 heteroatoms. The van der Waals surface area contributed by atoms with Crippen molar-refractivity contribution in [2.45, 2.75) is 19.8 Å². The molecule has 0 aliphatic carbocycles. The molecule has 0 bridgehead atoms. The zero-order valence-corrected chi connectivity index (χ0v) is 13.3. The molecule has 6 nitrogen and oxygen atoms in total. The molecule has 0 aromatic carbocycles. The monoisotopic (exact) mass is 309 g/mol. The molecule has 118 valence electrons. The molecule has 0 atom stereocenters. The summed E-state index contributed by atoms with van der Waals surface area (Å²) in [5.41, 5.74) is 2.39. The number of nitrogens with one attached hydrogen (secondary N) is 1. The molecular formula is C17H19N5O. The third-order valence-electron chi connectivity index (χ3n) is 3.29. The number of unbranched alkanes of at least 4 members (excludes halogenated alkanes) is 1. The second kappa shape index (κ2) is 7.90. The Morgan fingerprint density at radius 1 is 1.43 bits per heavy atom. The summed E-state index contributed by atoms with van der Waals surface area (Å²) in [4.78, 5) is 16.1. The summed E-state index contributed by atoms with van der Waals surface area (Å²) in [5.74, 6) is -0.356. The highest BCUT2D eigenvalue weighted by Crippen LogP contribution is 2.23. The van der Waals surface area contributed by atoms with Gasteiger partial charge in [0.2, 0.25) is 0 Å². The molecule has 0 spiro atoms. The quantitative estimate of drug-likeness (QED) is 0.504. The zero-order chi connectivity index (χ0) is 16.7. The summed E-state index contributed by atoms with van der Waals surface area (Å²) in [7, 11) is 1.80. The van der Waals surface area contributed by atoms with Gasteiger partial charge in [0.15, 0.2) is 0 Å². The van der Waals surface area contributed by atoms with Crippen molar-refractivity contribution >= 4 is 12.0 Å². The maximum Gasteiger partial charge on any atom is 0.261 e. The first-order valence-corrected chi connectivity index (χ1v) is 7.49. The second-order valence-corrected chi connectivity index (χ2v) is 5.12. The van der Waals surface area contributed by atoms with Gasteiger partial charge in [-0.2, -0.15) is 10.4 Å². The van der Waals surface area contributed by atoms with E-state index in [1.165, 1.54) is 0 Å². The van der Waals surface area contributed by atoms with E-state index in [9.17, 15) is 10.1 Å². The number of hydrogen-bond acceptors (Lipinski definition) is 4. The predicted octanol–water partition coefficient (Wildman–Crippen LogP) is 2.31. The van der Waals surface area contributed by atoms with E-state index in [1.54, 1.807) is 36.4 Å². The molecule has 0 saturated heterocycles. The number of aryl methyl sites for hydroxylation is 1. The van der Waals surface area contributed by atoms with Crippen molar-refractivity contribution in [2.24, 2.45) is 7.05 Å². The van der Waals surface area contributed by atoms with Gasteiger partial charge >= 0.3 is 0 Å². The maximum atomic E-state index is 12.1. The molecule has 0 aliphatic rings. The van der Waals surface area contributed by atoms with Gasteiger partial charge in [-0.15, -0.1) is 0 Å². The molecule has 0 fully saturated rings. The number of nitrogens with zero attached hydrogens (tertiary/aromatic N) is 4. The minimum absolute atomic E-state index is 0.0735. The molecule has 2 rings (SSSR count). The Balaban J connectivity index is 2.30. The van der Waals surface area contributed by atoms with Gasteiger partial charge in [-0.05, 0) is 24.6 Å². The van der Waals surface area contributed by atoms with Crippen LogP contribution in [0.5, 0.6) is 0 Å². The smallest absolute Gasteiger partial charge is 0.261 e. The van der Waals surface area contributed by atoms with E-state index in [0.717, 1.165) is 24.0 Å². The summed E-state index contributed by atoms with van der Waals surface area (Å²) in [6.45, 7) is 2.61. The highest BCUT2D eigenvalue weighted by molar-refractivity contribution is 6.02. The Morgan fingerprint density at radius 3 is 2.83 bits per heavy atom. The van der Waals surface area contributed by atoms with Crippen LogP contribution in [-0.4, -0.2) is 27.2 Å². The highest BCUT2D eigenvalue weighted by atomic mass is 16.1. The van der Waals surface area contributed by atoms with Crippen molar-refractivity contribution in [1.82, 2.24) is 20.1 Å². The van der Waals surface area contributed by atoms with Gasteiger partial charge in [0.25, 0.3) is 5.91 Å². The van der Waals surface area contributed by atoms with E-state index in [0.29, 0.717) is 12.2 Å². The molecule has 0 aliphatic heterocycles. The Labute approximate surface area is 135 Å². The van der Waals surface area contributed by atoms with Crippen molar-refractivity contribution in [3.8, 4) is 17.3 Å². The van der Waals surface area contributed by atoms with Gasteiger partial charge < -0.3 is 5.32 Å². The lowest BCUT2D eigenvalue weighted by Crippen LogP contribution is -2.25. The summed E-state index contributed by atoms with van der Waals surface area (Å²) in [6.07, 6.45) is 8.59. The van der Waals surface area contributed by atoms with Crippen LogP contribution < -0.4 is 5.32 Å². The van der Waals surface area contributed by atoms with Crippen molar-refractivity contribution in [1.29, 1.82) is 5.26 Å². The lowest BCUT2D eigenvalue weighted by Gasteiger charge is -2.03. The first-order valence-electron chi connectivity index (χ1n) is 7.49. The summed E-state index contributed by atoms with van der Waals surface area (Å²) < 4.78 is 1.66. The summed E-state index contributed by atoms with van der Waals surface area (Å²) >= 11 is 0. The van der Waals surface area contributed by atoms with Gasteiger partial charge in [0, 0.05) is 43.3 Å². The lowest BCUT2D eigenvalue weighted by molar-refractivity contribution is -0.117. The average molecular weight is 309 g/mol. The fraction of sp³-hybridized carbons (Fsp3) is 0.294. The highest BCUT2D eigenvalue weighted by Gasteiger charge is 2.13. The number of hydrogen-bond donors (Lipinski definition) is 1. The fourth-order valence-corrected chi connectivity index (χ4v) is 2.12. The van der Waals surface area contributed by atoms with E-state index in [4.69, 9.17) is 0 Å². The Morgan fingerprint density at radius 2 is 2.17 bits per heavy atom. The SMILES string of the molecule is CCCCNC(=O)/C(C#N)=C\c1cn(C)nc1-c1ccncc1. The predicted molar refractivity (Wildman–Crippen MR) is 87.9 cm³/mol. The van der Waals surface area contributed by atoms with E-state index < -0.39 is 0 Å². The first-order chi connectivity index (χ1) is 11.2. The van der Waals surface area contributed by atoms with Crippen LogP contribution in [-0.2, 0) is 11.8 Å². The van der Waals surface area contributed by atoms with Crippen LogP contribution in [0.15, 0.2) is 36.3 Å². The van der Waals surface area contributed by atoms with Gasteiger partial charge in [-0.3, -0.25) is 14.5 Å². The van der Waals surface area contributed by atoms with Gasteiger partial charge in [-0.1, -0.05) is 13.3 Å². The first kappa shape index (κ1) is 16.4. The second-order valence-electron chi connectivity index (χ2n) is 5.12. The minimum Gasteiger partial charge on any atom is -0.351 e. The Kier molecular flexibility index (Phi) is 5.64. The number of pyridine rings is 1. The van der Waals surface area contributed by atoms with Crippen molar-refractivity contribution < 1.29 is 4.79 Å². The summed E-state index contributed by atoms with van der Waals surface area (Å²) in [6, 6.07) is 5.65. The average Bonchev–Trinajstić information content (AvgIpc) is 2.94. The number of carbonyl (C=O) groups excluding carboxylic acids is 1. The zero-order valence-electron chi connectivity index (χ0n) is 13.3. The van der Waals surface area contributed by atoms with Crippen molar-refractivity contribution in [3.05, 3.63) is 41.9 Å². The number of aromatic nitrogens is 3. The molecule has 0 radical (unpaired) electrons. The van der Waals surface area contributed by atoms with Crippen LogP contribution in [0.2, 0.25) is 0 Å². The van der Waals surface area contributed by atoms with Crippen LogP contribution in [0.25, 0.3) is 17.3 Å². The van der Waals surface area contributed by atoms with Gasteiger partial charge in [0.1, 0.15) is 11.6 Å². The van der Waals surface area contributed by atoms with Gasteiger partial charge in [0.05, 0.1) is 5.69 Å². The minimum atomic E-state index is -0.356. The van der Waals surface area contributed by atoms with Crippen LogP contribution in [0.1, 0.15) is 25.3 Å². The Hall–Kier alpha value is -2.94. The molecule has 2 heterocycles. The molecule has 23 heavy (non-hydrogen) atoms. The normalized spacial score (nSPS) is 11.1. The third-order valence-corrected chi connectivity index (χ3v) is 3.29. The number of carbonyl (C=O) groups is 1. The molecule has 1 amide bonds. The molecule has 0 unspecified atom stereocenters. The molecule has 2 aromatic heterocycles. The molecule has 2 aromatic rings. The third kappa shape index (κ3) is 4.27. The molecule has 0 saturated carbocycles. The van der Waals surface area contributed by atoms with Crippen LogP contribution in [0.3, 0.4) is 0 Å². The molecule has 1 N–H and O–H groups in total. The van der Waals surface area contributed by atoms with Crippen LogP contribution in [0.4, 0.5) is 0 Å². The Bertz CT molecular complexity index is 740. The van der Waals surface area contributed by atoms with Crippen LogP contribution in [0, 0.1) is 11.3 Å². The number of rotatable bonds is 6. The van der Waals surface area contributed by atoms with Crippen LogP contribution >= 0.6 is 0 Å². The topological polar surface area (TPSA) is 83.6 Å². The van der Waals surface area contributed by atoms with Crippen molar-refractivity contribution in [3.63, 3.8) is 0 Å². The van der Waals surface area contributed by atoms with Gasteiger partial charge in [-0.25, -0.2) is 0 Å². The largest absolute Gasteiger partial charge is 0.351 e. The number of nitriles is 1. The number of amides is 1. The lowest BCUT2D eigenvalue weighted by atomic mass is 10.1. The maximum absolute atomic E-state index is 12.1. The van der Waals surface area contributed by atoms with E-state index >= 15 is 0 Å². The molecular weight excluding hydrogens is 290 g/mol.